The molecule has 0 fully saturated rings. The van der Waals surface area contributed by atoms with E-state index in [1.165, 1.54) is 11.1 Å². The van der Waals surface area contributed by atoms with Crippen molar-refractivity contribution in [1.29, 1.82) is 0 Å². The van der Waals surface area contributed by atoms with Crippen LogP contribution < -0.4 is 9.47 Å². The summed E-state index contributed by atoms with van der Waals surface area (Å²) in [6.45, 7) is 7.34. The lowest BCUT2D eigenvalue weighted by Gasteiger charge is -2.12. The van der Waals surface area contributed by atoms with Crippen LogP contribution in [0.3, 0.4) is 0 Å². The van der Waals surface area contributed by atoms with Crippen molar-refractivity contribution in [3.63, 3.8) is 0 Å². The van der Waals surface area contributed by atoms with Crippen LogP contribution in [0.15, 0.2) is 42.5 Å². The smallest absolute Gasteiger partial charge is 0.130 e. The van der Waals surface area contributed by atoms with Crippen LogP contribution in [-0.4, -0.2) is 13.2 Å². The summed E-state index contributed by atoms with van der Waals surface area (Å²) in [5.74, 6) is 1.71. The Morgan fingerprint density at radius 1 is 0.870 bits per heavy atom. The average molecular weight is 309 g/mol. The average Bonchev–Trinajstić information content (AvgIpc) is 2.55. The minimum absolute atomic E-state index is 0.637. The molecular weight excluding hydrogens is 284 g/mol. The molecule has 0 unspecified atom stereocenters. The summed E-state index contributed by atoms with van der Waals surface area (Å²) in [6.07, 6.45) is 7.34. The highest BCUT2D eigenvalue weighted by Gasteiger charge is 2.07. The van der Waals surface area contributed by atoms with E-state index in [4.69, 9.17) is 9.47 Å². The Bertz CT molecular complexity index is 620. The molecule has 0 bridgehead atoms. The van der Waals surface area contributed by atoms with Gasteiger partial charge in [-0.05, 0) is 56.0 Å². The highest BCUT2D eigenvalue weighted by molar-refractivity contribution is 5.76. The van der Waals surface area contributed by atoms with Gasteiger partial charge in [-0.1, -0.05) is 43.3 Å². The van der Waals surface area contributed by atoms with Gasteiger partial charge >= 0.3 is 0 Å². The van der Waals surface area contributed by atoms with E-state index >= 15 is 0 Å². The van der Waals surface area contributed by atoms with Crippen LogP contribution in [0.2, 0.25) is 0 Å². The van der Waals surface area contributed by atoms with Gasteiger partial charge in [0.1, 0.15) is 11.5 Å². The normalized spacial score (nSPS) is 10.9. The van der Waals surface area contributed by atoms with E-state index in [0.717, 1.165) is 23.5 Å². The first-order valence-electron chi connectivity index (χ1n) is 8.22. The van der Waals surface area contributed by atoms with Crippen molar-refractivity contribution >= 4 is 12.2 Å². The van der Waals surface area contributed by atoms with E-state index < -0.39 is 0 Å². The number of ether oxygens (including phenoxy) is 2. The molecule has 23 heavy (non-hydrogen) atoms. The first kappa shape index (κ1) is 17.1. The third-order valence-corrected chi connectivity index (χ3v) is 3.46. The minimum Gasteiger partial charge on any atom is -0.493 e. The zero-order valence-electron chi connectivity index (χ0n) is 14.2. The van der Waals surface area contributed by atoms with Crippen LogP contribution in [0, 0.1) is 6.42 Å². The van der Waals surface area contributed by atoms with Crippen LogP contribution in [0.25, 0.3) is 12.2 Å². The molecule has 0 amide bonds. The first-order valence-corrected chi connectivity index (χ1v) is 8.22. The molecule has 0 atom stereocenters. The molecule has 0 N–H and O–H groups in total. The molecule has 2 heteroatoms. The van der Waals surface area contributed by atoms with Crippen molar-refractivity contribution in [2.45, 2.75) is 27.2 Å². The van der Waals surface area contributed by atoms with E-state index in [1.54, 1.807) is 0 Å². The van der Waals surface area contributed by atoms with Crippen molar-refractivity contribution in [2.24, 2.45) is 0 Å². The molecule has 121 valence electrons. The Balaban J connectivity index is 2.31. The summed E-state index contributed by atoms with van der Waals surface area (Å²) in [6, 6.07) is 14.5. The largest absolute Gasteiger partial charge is 0.493 e. The molecule has 0 aliphatic heterocycles. The monoisotopic (exact) mass is 309 g/mol. The van der Waals surface area contributed by atoms with E-state index in [0.29, 0.717) is 13.2 Å². The molecule has 0 aromatic heterocycles. The van der Waals surface area contributed by atoms with Gasteiger partial charge in [0.25, 0.3) is 0 Å². The van der Waals surface area contributed by atoms with Gasteiger partial charge < -0.3 is 9.47 Å². The zero-order valence-corrected chi connectivity index (χ0v) is 14.2. The molecule has 0 saturated heterocycles. The quantitative estimate of drug-likeness (QED) is 0.606. The van der Waals surface area contributed by atoms with Crippen LogP contribution in [0.5, 0.6) is 11.5 Å². The fraction of sp³-hybridized carbons (Fsp3) is 0.286. The summed E-state index contributed by atoms with van der Waals surface area (Å²) in [5.41, 5.74) is 3.49. The second-order valence-electron chi connectivity index (χ2n) is 5.22. The van der Waals surface area contributed by atoms with Crippen molar-refractivity contribution in [3.8, 4) is 11.5 Å². The standard InChI is InChI=1S/C21H25O2/c1-4-9-17-10-7-11-18(16-17)14-15-19-20(22-5-2)12-8-13-21(19)23-6-3/h4,7-8,10-16H,5-6,9H2,1-3H3/b15-14+. The van der Waals surface area contributed by atoms with Gasteiger partial charge in [-0.25, -0.2) is 0 Å². The van der Waals surface area contributed by atoms with Crippen LogP contribution in [-0.2, 0) is 6.42 Å². The first-order chi connectivity index (χ1) is 11.3. The highest BCUT2D eigenvalue weighted by atomic mass is 16.5. The van der Waals surface area contributed by atoms with Crippen LogP contribution in [0.1, 0.15) is 37.5 Å². The summed E-state index contributed by atoms with van der Waals surface area (Å²) in [4.78, 5) is 0. The Morgan fingerprint density at radius 2 is 1.52 bits per heavy atom. The molecule has 0 saturated carbocycles. The summed E-state index contributed by atoms with van der Waals surface area (Å²) < 4.78 is 11.5. The SMILES string of the molecule is C[CH]Cc1cccc(/C=C/c2c(OCC)cccc2OCC)c1. The predicted octanol–water partition coefficient (Wildman–Crippen LogP) is 5.42. The van der Waals surface area contributed by atoms with Crippen molar-refractivity contribution in [1.82, 2.24) is 0 Å². The Labute approximate surface area is 139 Å². The third kappa shape index (κ3) is 4.88. The molecule has 0 spiro atoms. The molecule has 0 aliphatic carbocycles. The Morgan fingerprint density at radius 3 is 2.13 bits per heavy atom. The van der Waals surface area contributed by atoms with E-state index in [1.807, 2.05) is 32.0 Å². The second-order valence-corrected chi connectivity index (χ2v) is 5.22. The van der Waals surface area contributed by atoms with Crippen LogP contribution in [0.4, 0.5) is 0 Å². The number of hydrogen-bond acceptors (Lipinski definition) is 2. The molecule has 1 radical (unpaired) electrons. The van der Waals surface area contributed by atoms with Gasteiger partial charge in [0.15, 0.2) is 0 Å². The maximum absolute atomic E-state index is 5.74. The molecule has 2 nitrogen and oxygen atoms in total. The van der Waals surface area contributed by atoms with Crippen molar-refractivity contribution in [2.75, 3.05) is 13.2 Å². The Kier molecular flexibility index (Phi) is 6.74. The van der Waals surface area contributed by atoms with Crippen LogP contribution >= 0.6 is 0 Å². The summed E-state index contributed by atoms with van der Waals surface area (Å²) >= 11 is 0. The topological polar surface area (TPSA) is 18.5 Å². The second kappa shape index (κ2) is 9.04. The molecule has 2 aromatic rings. The number of hydrogen-bond donors (Lipinski definition) is 0. The van der Waals surface area contributed by atoms with Crippen molar-refractivity contribution < 1.29 is 9.47 Å². The lowest BCUT2D eigenvalue weighted by Crippen LogP contribution is -1.98. The number of benzene rings is 2. The summed E-state index contributed by atoms with van der Waals surface area (Å²) in [7, 11) is 0. The Hall–Kier alpha value is -2.22. The maximum Gasteiger partial charge on any atom is 0.130 e. The van der Waals surface area contributed by atoms with E-state index in [-0.39, 0.29) is 0 Å². The van der Waals surface area contributed by atoms with Gasteiger partial charge in [0, 0.05) is 0 Å². The molecule has 0 heterocycles. The maximum atomic E-state index is 5.74. The fourth-order valence-electron chi connectivity index (χ4n) is 2.49. The number of rotatable bonds is 8. The van der Waals surface area contributed by atoms with Crippen molar-refractivity contribution in [3.05, 3.63) is 65.6 Å². The van der Waals surface area contributed by atoms with E-state index in [2.05, 4.69) is 49.8 Å². The lowest BCUT2D eigenvalue weighted by molar-refractivity contribution is 0.322. The lowest BCUT2D eigenvalue weighted by atomic mass is 10.1. The highest BCUT2D eigenvalue weighted by Crippen LogP contribution is 2.30. The van der Waals surface area contributed by atoms with Gasteiger partial charge in [0.05, 0.1) is 18.8 Å². The molecule has 0 aliphatic rings. The predicted molar refractivity (Wildman–Crippen MR) is 97.8 cm³/mol. The van der Waals surface area contributed by atoms with Gasteiger partial charge in [-0.15, -0.1) is 0 Å². The zero-order chi connectivity index (χ0) is 16.5. The van der Waals surface area contributed by atoms with Gasteiger partial charge in [-0.3, -0.25) is 0 Å². The molecule has 2 aromatic carbocycles. The van der Waals surface area contributed by atoms with Gasteiger partial charge in [0.2, 0.25) is 0 Å². The molecule has 2 rings (SSSR count). The fourth-order valence-corrected chi connectivity index (χ4v) is 2.49. The van der Waals surface area contributed by atoms with Gasteiger partial charge in [-0.2, -0.15) is 0 Å². The minimum atomic E-state index is 0.637. The van der Waals surface area contributed by atoms with E-state index in [9.17, 15) is 0 Å². The summed E-state index contributed by atoms with van der Waals surface area (Å²) in [5, 5.41) is 0. The third-order valence-electron chi connectivity index (χ3n) is 3.46. The molecular formula is C21H25O2.